The van der Waals surface area contributed by atoms with E-state index in [0.717, 1.165) is 0 Å². The largest absolute Gasteiger partial charge is 0.423 e. The van der Waals surface area contributed by atoms with E-state index >= 15 is 0 Å². The third-order valence-electron chi connectivity index (χ3n) is 1.78. The Kier molecular flexibility index (Phi) is 2.78. The summed E-state index contributed by atoms with van der Waals surface area (Å²) in [7, 11) is 0. The molecule has 0 aliphatic carbocycles. The average molecular weight is 222 g/mol. The van der Waals surface area contributed by atoms with E-state index in [2.05, 4.69) is 0 Å². The zero-order valence-electron chi connectivity index (χ0n) is 7.64. The second-order valence-corrected chi connectivity index (χ2v) is 3.64. The molecule has 15 heavy (non-hydrogen) atoms. The lowest BCUT2D eigenvalue weighted by Gasteiger charge is -2.01. The maximum Gasteiger partial charge on any atom is 0.344 e. The van der Waals surface area contributed by atoms with Gasteiger partial charge < -0.3 is 4.74 Å². The van der Waals surface area contributed by atoms with Gasteiger partial charge in [0.15, 0.2) is 0 Å². The Morgan fingerprint density at radius 3 is 2.53 bits per heavy atom. The summed E-state index contributed by atoms with van der Waals surface area (Å²) < 4.78 is 17.6. The third kappa shape index (κ3) is 2.41. The molecule has 1 aromatic carbocycles. The number of ether oxygens (including phenoxy) is 1. The minimum Gasteiger partial charge on any atom is -0.423 e. The Bertz CT molecular complexity index is 448. The van der Waals surface area contributed by atoms with Gasteiger partial charge in [-0.05, 0) is 35.7 Å². The summed E-state index contributed by atoms with van der Waals surface area (Å²) in [6.45, 7) is 0. The van der Waals surface area contributed by atoms with Crippen molar-refractivity contribution in [3.05, 3.63) is 52.5 Å². The van der Waals surface area contributed by atoms with Crippen molar-refractivity contribution in [1.82, 2.24) is 0 Å². The van der Waals surface area contributed by atoms with E-state index in [9.17, 15) is 9.18 Å². The molecular formula is C11H7FO2S. The fourth-order valence-corrected chi connectivity index (χ4v) is 1.67. The molecule has 0 aliphatic rings. The molecule has 2 aromatic rings. The smallest absolute Gasteiger partial charge is 0.344 e. The molecule has 0 atom stereocenters. The first-order valence-electron chi connectivity index (χ1n) is 4.25. The van der Waals surface area contributed by atoms with Crippen molar-refractivity contribution in [2.45, 2.75) is 0 Å². The highest BCUT2D eigenvalue weighted by Crippen LogP contribution is 2.14. The van der Waals surface area contributed by atoms with Gasteiger partial charge in [-0.3, -0.25) is 0 Å². The molecule has 1 aromatic heterocycles. The molecular weight excluding hydrogens is 215 g/mol. The van der Waals surface area contributed by atoms with Crippen molar-refractivity contribution < 1.29 is 13.9 Å². The van der Waals surface area contributed by atoms with Gasteiger partial charge in [-0.15, -0.1) is 0 Å². The van der Waals surface area contributed by atoms with Gasteiger partial charge >= 0.3 is 5.97 Å². The highest BCUT2D eigenvalue weighted by molar-refractivity contribution is 7.08. The van der Waals surface area contributed by atoms with E-state index in [1.165, 1.54) is 35.6 Å². The summed E-state index contributed by atoms with van der Waals surface area (Å²) in [5, 5.41) is 3.49. The van der Waals surface area contributed by atoms with Gasteiger partial charge in [0.2, 0.25) is 0 Å². The molecule has 0 aliphatic heterocycles. The summed E-state index contributed by atoms with van der Waals surface area (Å²) in [6, 6.07) is 7.00. The Morgan fingerprint density at radius 1 is 1.20 bits per heavy atom. The number of hydrogen-bond acceptors (Lipinski definition) is 3. The molecule has 0 saturated carbocycles. The molecule has 0 bridgehead atoms. The molecule has 1 heterocycles. The van der Waals surface area contributed by atoms with Crippen LogP contribution in [0, 0.1) is 5.82 Å². The summed E-state index contributed by atoms with van der Waals surface area (Å²) >= 11 is 1.42. The van der Waals surface area contributed by atoms with Crippen molar-refractivity contribution in [2.24, 2.45) is 0 Å². The Hall–Kier alpha value is -1.68. The molecule has 0 N–H and O–H groups in total. The predicted molar refractivity (Wildman–Crippen MR) is 55.7 cm³/mol. The van der Waals surface area contributed by atoms with Crippen LogP contribution in [0.2, 0.25) is 0 Å². The van der Waals surface area contributed by atoms with Crippen molar-refractivity contribution in [1.29, 1.82) is 0 Å². The first-order chi connectivity index (χ1) is 7.25. The van der Waals surface area contributed by atoms with Crippen LogP contribution < -0.4 is 4.74 Å². The monoisotopic (exact) mass is 222 g/mol. The number of halogens is 1. The molecule has 0 spiro atoms. The van der Waals surface area contributed by atoms with Crippen LogP contribution in [0.4, 0.5) is 4.39 Å². The molecule has 4 heteroatoms. The number of rotatable bonds is 2. The number of benzene rings is 1. The zero-order chi connectivity index (χ0) is 10.7. The SMILES string of the molecule is O=C(Oc1ccc(F)cc1)c1ccsc1. The Labute approximate surface area is 89.9 Å². The van der Waals surface area contributed by atoms with Crippen LogP contribution in [0.3, 0.4) is 0 Å². The van der Waals surface area contributed by atoms with Crippen LogP contribution in [0.25, 0.3) is 0 Å². The van der Waals surface area contributed by atoms with Gasteiger partial charge in [-0.25, -0.2) is 9.18 Å². The standard InChI is InChI=1S/C11H7FO2S/c12-9-1-3-10(4-2-9)14-11(13)8-5-6-15-7-8/h1-7H. The average Bonchev–Trinajstić information content (AvgIpc) is 2.74. The lowest BCUT2D eigenvalue weighted by Crippen LogP contribution is -2.06. The van der Waals surface area contributed by atoms with Crippen LogP contribution in [0.5, 0.6) is 5.75 Å². The van der Waals surface area contributed by atoms with E-state index < -0.39 is 5.97 Å². The van der Waals surface area contributed by atoms with Gasteiger partial charge in [0.25, 0.3) is 0 Å². The maximum absolute atomic E-state index is 12.6. The molecule has 0 saturated heterocycles. The quantitative estimate of drug-likeness (QED) is 0.576. The molecule has 2 nitrogen and oxygen atoms in total. The number of carbonyl (C=O) groups is 1. The first kappa shape index (κ1) is 9.86. The van der Waals surface area contributed by atoms with E-state index in [-0.39, 0.29) is 5.82 Å². The minimum atomic E-state index is -0.428. The van der Waals surface area contributed by atoms with Gasteiger partial charge in [0, 0.05) is 5.38 Å². The molecule has 0 radical (unpaired) electrons. The van der Waals surface area contributed by atoms with Crippen LogP contribution >= 0.6 is 11.3 Å². The van der Waals surface area contributed by atoms with E-state index in [1.807, 2.05) is 0 Å². The minimum absolute atomic E-state index is 0.340. The fraction of sp³-hybridized carbons (Fsp3) is 0. The van der Waals surface area contributed by atoms with E-state index in [1.54, 1.807) is 16.8 Å². The predicted octanol–water partition coefficient (Wildman–Crippen LogP) is 3.11. The van der Waals surface area contributed by atoms with E-state index in [4.69, 9.17) is 4.74 Å². The highest BCUT2D eigenvalue weighted by Gasteiger charge is 2.08. The maximum atomic E-state index is 12.6. The fourth-order valence-electron chi connectivity index (χ4n) is 1.05. The van der Waals surface area contributed by atoms with Crippen molar-refractivity contribution in [3.63, 3.8) is 0 Å². The van der Waals surface area contributed by atoms with Crippen molar-refractivity contribution in [2.75, 3.05) is 0 Å². The Balaban J connectivity index is 2.09. The highest BCUT2D eigenvalue weighted by atomic mass is 32.1. The zero-order valence-corrected chi connectivity index (χ0v) is 8.46. The topological polar surface area (TPSA) is 26.3 Å². The first-order valence-corrected chi connectivity index (χ1v) is 5.20. The van der Waals surface area contributed by atoms with Crippen LogP contribution in [-0.4, -0.2) is 5.97 Å². The van der Waals surface area contributed by atoms with Gasteiger partial charge in [0.1, 0.15) is 11.6 Å². The Morgan fingerprint density at radius 2 is 1.93 bits per heavy atom. The molecule has 0 fully saturated rings. The lowest BCUT2D eigenvalue weighted by atomic mass is 10.3. The summed E-state index contributed by atoms with van der Waals surface area (Å²) in [4.78, 5) is 11.5. The molecule has 76 valence electrons. The third-order valence-corrected chi connectivity index (χ3v) is 2.46. The summed E-state index contributed by atoms with van der Waals surface area (Å²) in [5.41, 5.74) is 0.504. The number of carbonyl (C=O) groups excluding carboxylic acids is 1. The van der Waals surface area contributed by atoms with Crippen molar-refractivity contribution >= 4 is 17.3 Å². The number of thiophene rings is 1. The second-order valence-electron chi connectivity index (χ2n) is 2.86. The number of hydrogen-bond donors (Lipinski definition) is 0. The molecule has 0 unspecified atom stereocenters. The normalized spacial score (nSPS) is 9.93. The van der Waals surface area contributed by atoms with E-state index in [0.29, 0.717) is 11.3 Å². The lowest BCUT2D eigenvalue weighted by molar-refractivity contribution is 0.0735. The number of esters is 1. The summed E-state index contributed by atoms with van der Waals surface area (Å²) in [5.74, 6) is -0.444. The van der Waals surface area contributed by atoms with Gasteiger partial charge in [-0.2, -0.15) is 11.3 Å². The molecule has 0 amide bonds. The van der Waals surface area contributed by atoms with Gasteiger partial charge in [-0.1, -0.05) is 0 Å². The van der Waals surface area contributed by atoms with Crippen LogP contribution in [0.15, 0.2) is 41.1 Å². The van der Waals surface area contributed by atoms with Crippen LogP contribution in [0.1, 0.15) is 10.4 Å². The summed E-state index contributed by atoms with van der Waals surface area (Å²) in [6.07, 6.45) is 0. The van der Waals surface area contributed by atoms with Gasteiger partial charge in [0.05, 0.1) is 5.56 Å². The van der Waals surface area contributed by atoms with Crippen LogP contribution in [-0.2, 0) is 0 Å². The molecule has 2 rings (SSSR count). The second kappa shape index (κ2) is 4.23. The van der Waals surface area contributed by atoms with Crippen molar-refractivity contribution in [3.8, 4) is 5.75 Å².